The Hall–Kier alpha value is -8.66. The van der Waals surface area contributed by atoms with Gasteiger partial charge < -0.3 is 4.57 Å². The number of rotatable bonds is 6. The van der Waals surface area contributed by atoms with Crippen LogP contribution in [-0.2, 0) is 0 Å². The van der Waals surface area contributed by atoms with E-state index in [0.717, 1.165) is 49.9 Å². The van der Waals surface area contributed by atoms with Crippen molar-refractivity contribution in [3.63, 3.8) is 0 Å². The molecule has 0 saturated carbocycles. The highest BCUT2D eigenvalue weighted by atomic mass is 15.0. The molecule has 0 aliphatic heterocycles. The molecule has 0 atom stereocenters. The maximum absolute atomic E-state index is 5.25. The van der Waals surface area contributed by atoms with Gasteiger partial charge in [-0.1, -0.05) is 194 Å². The molecule has 11 aromatic carbocycles. The summed E-state index contributed by atoms with van der Waals surface area (Å²) in [6.07, 6.45) is 1.92. The fraction of sp³-hybridized carbons (Fsp3) is 0. The van der Waals surface area contributed by atoms with Crippen LogP contribution in [0.5, 0.6) is 0 Å². The Labute approximate surface area is 376 Å². The second kappa shape index (κ2) is 15.0. The molecule has 0 saturated heterocycles. The average Bonchev–Trinajstić information content (AvgIpc) is 3.72. The number of hydrogen-bond acceptors (Lipinski definition) is 2. The largest absolute Gasteiger partial charge is 0.309 e. The van der Waals surface area contributed by atoms with Gasteiger partial charge in [-0.25, -0.2) is 4.98 Å². The molecule has 3 nitrogen and oxygen atoms in total. The van der Waals surface area contributed by atoms with Crippen LogP contribution in [0.15, 0.2) is 237 Å². The van der Waals surface area contributed by atoms with E-state index in [2.05, 4.69) is 235 Å². The van der Waals surface area contributed by atoms with Gasteiger partial charge in [0.1, 0.15) is 0 Å². The van der Waals surface area contributed by atoms with E-state index in [0.29, 0.717) is 0 Å². The SMILES string of the molecule is c1cc(-c2ccc(-c3cccc(-n4c5ccccc5c5cc(-c6ccc(-c7cccc8ccccc78)cc6)ccc54)c3)cc2)cc(-c2cnc3c4ccccc4c4ccccc4c3n2)c1. The first-order chi connectivity index (χ1) is 32.2. The molecule has 2 aromatic heterocycles. The van der Waals surface area contributed by atoms with E-state index in [-0.39, 0.29) is 0 Å². The Kier molecular flexibility index (Phi) is 8.53. The maximum atomic E-state index is 5.25. The van der Waals surface area contributed by atoms with Crippen LogP contribution in [0.1, 0.15) is 0 Å². The van der Waals surface area contributed by atoms with Gasteiger partial charge in [-0.05, 0) is 102 Å². The second-order valence-electron chi connectivity index (χ2n) is 16.9. The van der Waals surface area contributed by atoms with Crippen molar-refractivity contribution < 1.29 is 0 Å². The van der Waals surface area contributed by atoms with E-state index in [1.807, 2.05) is 6.20 Å². The number of para-hydroxylation sites is 1. The minimum Gasteiger partial charge on any atom is -0.309 e. The number of hydrogen-bond donors (Lipinski definition) is 0. The molecule has 65 heavy (non-hydrogen) atoms. The molecule has 13 aromatic rings. The zero-order valence-corrected chi connectivity index (χ0v) is 35.4. The lowest BCUT2D eigenvalue weighted by Gasteiger charge is -2.12. The van der Waals surface area contributed by atoms with Gasteiger partial charge in [0.25, 0.3) is 0 Å². The van der Waals surface area contributed by atoms with Crippen LogP contribution in [0.3, 0.4) is 0 Å². The van der Waals surface area contributed by atoms with Crippen molar-refractivity contribution in [2.45, 2.75) is 0 Å². The van der Waals surface area contributed by atoms with Crippen molar-refractivity contribution in [1.82, 2.24) is 14.5 Å². The first-order valence-electron chi connectivity index (χ1n) is 22.2. The van der Waals surface area contributed by atoms with Crippen LogP contribution >= 0.6 is 0 Å². The van der Waals surface area contributed by atoms with Crippen LogP contribution in [0, 0.1) is 0 Å². The smallest absolute Gasteiger partial charge is 0.0979 e. The van der Waals surface area contributed by atoms with Crippen LogP contribution in [0.2, 0.25) is 0 Å². The maximum Gasteiger partial charge on any atom is 0.0979 e. The lowest BCUT2D eigenvalue weighted by molar-refractivity contribution is 1.18. The summed E-state index contributed by atoms with van der Waals surface area (Å²) in [5.74, 6) is 0. The standard InChI is InChI=1S/C62H39N3/c1-2-18-50-43(12-1)13-11-24-51(50)44-32-30-42(31-33-44)47-34-35-60-57(38-47)54-21-7-8-25-59(54)65(60)49-17-10-15-46(37-49)41-28-26-40(27-29-41)45-14-9-16-48(36-45)58-39-63-61-55-22-5-3-19-52(55)53-20-4-6-23-56(53)62(61)64-58/h1-39H. The summed E-state index contributed by atoms with van der Waals surface area (Å²) in [5, 5.41) is 9.65. The summed E-state index contributed by atoms with van der Waals surface area (Å²) in [7, 11) is 0. The van der Waals surface area contributed by atoms with Gasteiger partial charge in [0.2, 0.25) is 0 Å². The highest BCUT2D eigenvalue weighted by Gasteiger charge is 2.16. The van der Waals surface area contributed by atoms with Gasteiger partial charge in [0.05, 0.1) is 34.0 Å². The van der Waals surface area contributed by atoms with Crippen LogP contribution in [0.4, 0.5) is 0 Å². The van der Waals surface area contributed by atoms with E-state index >= 15 is 0 Å². The Balaban J connectivity index is 0.813. The molecule has 0 fully saturated rings. The quantitative estimate of drug-likeness (QED) is 0.156. The van der Waals surface area contributed by atoms with Crippen LogP contribution in [-0.4, -0.2) is 14.5 Å². The van der Waals surface area contributed by atoms with Crippen molar-refractivity contribution >= 4 is 65.2 Å². The van der Waals surface area contributed by atoms with E-state index < -0.39 is 0 Å². The predicted molar refractivity (Wildman–Crippen MR) is 274 cm³/mol. The fourth-order valence-corrected chi connectivity index (χ4v) is 10.0. The third-order valence-electron chi connectivity index (χ3n) is 13.2. The lowest BCUT2D eigenvalue weighted by Crippen LogP contribution is -1.94. The molecule has 0 spiro atoms. The molecule has 0 amide bonds. The molecule has 0 aliphatic rings. The Bertz CT molecular complexity index is 3950. The molecule has 13 rings (SSSR count). The summed E-state index contributed by atoms with van der Waals surface area (Å²) < 4.78 is 2.41. The van der Waals surface area contributed by atoms with Crippen molar-refractivity contribution in [3.8, 4) is 61.5 Å². The fourth-order valence-electron chi connectivity index (χ4n) is 10.0. The normalized spacial score (nSPS) is 11.7. The average molecular weight is 826 g/mol. The molecule has 0 N–H and O–H groups in total. The van der Waals surface area contributed by atoms with E-state index in [4.69, 9.17) is 9.97 Å². The zero-order chi connectivity index (χ0) is 42.8. The third kappa shape index (κ3) is 6.20. The van der Waals surface area contributed by atoms with Gasteiger partial charge in [0.15, 0.2) is 0 Å². The van der Waals surface area contributed by atoms with Gasteiger partial charge >= 0.3 is 0 Å². The minimum atomic E-state index is 0.862. The summed E-state index contributed by atoms with van der Waals surface area (Å²) in [5.41, 5.74) is 16.8. The molecule has 2 heterocycles. The van der Waals surface area contributed by atoms with Gasteiger partial charge in [0, 0.05) is 32.8 Å². The summed E-state index contributed by atoms with van der Waals surface area (Å²) in [6, 6.07) is 83.3. The highest BCUT2D eigenvalue weighted by molar-refractivity contribution is 6.23. The number of fused-ring (bicyclic) bond motifs is 10. The van der Waals surface area contributed by atoms with E-state index in [1.54, 1.807) is 0 Å². The van der Waals surface area contributed by atoms with Crippen LogP contribution < -0.4 is 0 Å². The molecular weight excluding hydrogens is 787 g/mol. The van der Waals surface area contributed by atoms with Gasteiger partial charge in [-0.15, -0.1) is 0 Å². The molecule has 0 bridgehead atoms. The zero-order valence-electron chi connectivity index (χ0n) is 35.4. The minimum absolute atomic E-state index is 0.862. The molecular formula is C62H39N3. The van der Waals surface area contributed by atoms with E-state index in [1.165, 1.54) is 76.7 Å². The van der Waals surface area contributed by atoms with Gasteiger partial charge in [-0.3, -0.25) is 4.98 Å². The second-order valence-corrected chi connectivity index (χ2v) is 16.9. The molecule has 0 unspecified atom stereocenters. The third-order valence-corrected chi connectivity index (χ3v) is 13.2. The Morgan fingerprint density at radius 2 is 0.800 bits per heavy atom. The Morgan fingerprint density at radius 1 is 0.292 bits per heavy atom. The highest BCUT2D eigenvalue weighted by Crippen LogP contribution is 2.39. The first-order valence-corrected chi connectivity index (χ1v) is 22.2. The van der Waals surface area contributed by atoms with Gasteiger partial charge in [-0.2, -0.15) is 0 Å². The number of nitrogens with zero attached hydrogens (tertiary/aromatic N) is 3. The van der Waals surface area contributed by atoms with Crippen molar-refractivity contribution in [2.75, 3.05) is 0 Å². The first kappa shape index (κ1) is 36.9. The van der Waals surface area contributed by atoms with Crippen molar-refractivity contribution in [1.29, 1.82) is 0 Å². The molecule has 0 aliphatic carbocycles. The molecule has 3 heteroatoms. The number of aromatic nitrogens is 3. The Morgan fingerprint density at radius 3 is 1.54 bits per heavy atom. The lowest BCUT2D eigenvalue weighted by atomic mass is 9.96. The topological polar surface area (TPSA) is 30.7 Å². The summed E-state index contributed by atoms with van der Waals surface area (Å²) in [6.45, 7) is 0. The van der Waals surface area contributed by atoms with Crippen molar-refractivity contribution in [3.05, 3.63) is 237 Å². The predicted octanol–water partition coefficient (Wildman–Crippen LogP) is 16.5. The van der Waals surface area contributed by atoms with Crippen molar-refractivity contribution in [2.24, 2.45) is 0 Å². The molecule has 302 valence electrons. The monoisotopic (exact) mass is 825 g/mol. The summed E-state index contributed by atoms with van der Waals surface area (Å²) >= 11 is 0. The van der Waals surface area contributed by atoms with E-state index in [9.17, 15) is 0 Å². The number of benzene rings is 11. The summed E-state index contributed by atoms with van der Waals surface area (Å²) in [4.78, 5) is 10.3. The van der Waals surface area contributed by atoms with Crippen LogP contribution in [0.25, 0.3) is 127 Å². The molecule has 0 radical (unpaired) electrons.